The number of rotatable bonds is 12. The van der Waals surface area contributed by atoms with E-state index in [4.69, 9.17) is 40.1 Å². The zero-order chi connectivity index (χ0) is 61.6. The van der Waals surface area contributed by atoms with Crippen LogP contribution in [0.2, 0.25) is 0 Å². The molecule has 1 saturated heterocycles. The number of aromatic nitrogens is 2. The van der Waals surface area contributed by atoms with Gasteiger partial charge in [0, 0.05) is 78.9 Å². The summed E-state index contributed by atoms with van der Waals surface area (Å²) in [7, 11) is 3.27. The minimum Gasteiger partial charge on any atom is -0.550 e. The number of fused-ring (bicyclic) bond motifs is 5. The van der Waals surface area contributed by atoms with Crippen molar-refractivity contribution >= 4 is 35.6 Å². The number of nitrogens with zero attached hydrogens (tertiary/aromatic N) is 3. The second kappa shape index (κ2) is 31.8. The number of aromatic carboxylic acids is 1. The van der Waals surface area contributed by atoms with Crippen LogP contribution in [0.1, 0.15) is 109 Å². The molecule has 30 heteroatoms. The van der Waals surface area contributed by atoms with Crippen molar-refractivity contribution in [2.24, 2.45) is 5.73 Å². The summed E-state index contributed by atoms with van der Waals surface area (Å²) in [4.78, 5) is 96.7. The minimum absolute atomic E-state index is 0. The molecule has 3 fully saturated rings. The number of carboxylic acids is 2. The third-order valence-electron chi connectivity index (χ3n) is 12.8. The van der Waals surface area contributed by atoms with Crippen molar-refractivity contribution in [3.63, 3.8) is 0 Å². The van der Waals surface area contributed by atoms with Crippen LogP contribution in [0, 0.1) is 34.9 Å². The summed E-state index contributed by atoms with van der Waals surface area (Å²) >= 11 is 0. The van der Waals surface area contributed by atoms with Crippen molar-refractivity contribution in [2.45, 2.75) is 108 Å². The molecule has 4 heterocycles. The number of nitrogens with one attached hydrogen (secondary N) is 2. The van der Waals surface area contributed by atoms with E-state index in [9.17, 15) is 70.1 Å². The largest absolute Gasteiger partial charge is 1.00 e. The molecule has 2 bridgehead atoms. The first kappa shape index (κ1) is 69.5. The molecular weight excluding hydrogens is 1160 g/mol. The molecule has 9 rings (SSSR count). The molecule has 23 nitrogen and oxygen atoms in total. The summed E-state index contributed by atoms with van der Waals surface area (Å²) in [5, 5.41) is 48.9. The third-order valence-corrected chi connectivity index (χ3v) is 12.8. The number of pyridine rings is 2. The van der Waals surface area contributed by atoms with Crippen LogP contribution in [-0.2, 0) is 40.4 Å². The van der Waals surface area contributed by atoms with Crippen molar-refractivity contribution in [1.82, 2.24) is 24.7 Å². The Hall–Kier alpha value is -7.00. The first-order valence-corrected chi connectivity index (χ1v) is 25.0. The second-order valence-electron chi connectivity index (χ2n) is 18.6. The summed E-state index contributed by atoms with van der Waals surface area (Å²) in [6, 6.07) is 10.4. The number of carbonyl (C=O) groups is 6. The van der Waals surface area contributed by atoms with Crippen molar-refractivity contribution in [2.75, 3.05) is 21.3 Å². The first-order chi connectivity index (χ1) is 39.2. The number of halogens is 6. The van der Waals surface area contributed by atoms with Gasteiger partial charge in [0.25, 0.3) is 17.7 Å². The Kier molecular flexibility index (Phi) is 26.3. The van der Waals surface area contributed by atoms with Gasteiger partial charge in [-0.05, 0) is 57.6 Å². The van der Waals surface area contributed by atoms with Gasteiger partial charge >= 0.3 is 63.3 Å². The predicted molar refractivity (Wildman–Crippen MR) is 273 cm³/mol. The second-order valence-corrected chi connectivity index (χ2v) is 18.6. The van der Waals surface area contributed by atoms with E-state index in [1.54, 1.807) is 35.2 Å². The van der Waals surface area contributed by atoms with Crippen LogP contribution in [0.3, 0.4) is 0 Å². The van der Waals surface area contributed by atoms with E-state index in [1.807, 2.05) is 0 Å². The maximum absolute atomic E-state index is 13.9. The minimum atomic E-state index is -1.97. The molecule has 5 aromatic rings. The summed E-state index contributed by atoms with van der Waals surface area (Å²) in [5.74, 6) is -13.4. The summed E-state index contributed by atoms with van der Waals surface area (Å²) < 4.78 is 104. The molecule has 3 amide bonds. The van der Waals surface area contributed by atoms with E-state index in [0.717, 1.165) is 70.4 Å². The molecule has 84 heavy (non-hydrogen) atoms. The van der Waals surface area contributed by atoms with Gasteiger partial charge in [0.05, 0.1) is 52.2 Å². The Morgan fingerprint density at radius 3 is 1.68 bits per heavy atom. The summed E-state index contributed by atoms with van der Waals surface area (Å²) in [6.07, 6.45) is 4.64. The SMILES string of the molecule is CC(=O)[O-].COC(=O)c1c(OC)c(=O)c(C(=O)NCc2c(F)cc(F)cc2F)cn1CC(O)O.COc1c2n(cc(C(=O)NCc3c(F)cc(F)cc3F)c1=O)C[C@H]1O[C@@H]3CC[C@@H](C3)N1C2=O.N[C@H]1CC[C@@H](O)C1.O=C(O)c1ccccc1.[K+]. The number of methoxy groups -OCH3 is 3. The van der Waals surface area contributed by atoms with Gasteiger partial charge in [-0.1, -0.05) is 18.2 Å². The zero-order valence-corrected chi connectivity index (χ0v) is 48.8. The molecule has 4 aliphatic rings. The quantitative estimate of drug-likeness (QED) is 0.0349. The Morgan fingerprint density at radius 2 is 1.26 bits per heavy atom. The average Bonchev–Trinajstić information content (AvgIpc) is 1.43. The van der Waals surface area contributed by atoms with Gasteiger partial charge in [-0.25, -0.2) is 35.9 Å². The number of ether oxygens (including phenoxy) is 4. The summed E-state index contributed by atoms with van der Waals surface area (Å²) in [6.45, 7) is -0.795. The number of carbonyl (C=O) groups excluding carboxylic acids is 5. The smallest absolute Gasteiger partial charge is 0.550 e. The molecule has 0 radical (unpaired) electrons. The molecule has 2 aromatic heterocycles. The predicted octanol–water partition coefficient (Wildman–Crippen LogP) is -0.758. The van der Waals surface area contributed by atoms with E-state index in [0.29, 0.717) is 29.8 Å². The molecule has 2 saturated carbocycles. The standard InChI is InChI=1S/C22H20F3N3O5.C18H17F3N2O7.C7H6O2.C5H11NO.C2H4O2.K/c1-32-20-18-22(31)28-11-2-3-12(6-11)33-17(28)9-27(18)8-14(19(20)29)21(30)26-7-13-15(24)4-10(23)5-16(13)25;1-29-16-14(18(28)30-2)23(7-13(24)25)6-10(15(16)26)17(27)22-5-9-11(20)3-8(19)4-12(9)21;8-7(9)6-4-2-1-3-5-6;6-4-1-2-5(7)3-4;1-2(3)4;/h4-5,8,11-12,17H,2-3,6-7,9H2,1H3,(H,26,30);3-4,6,13,24-25H,5,7H2,1-2H3,(H,22,27);1-5H,(H,8,9);4-5,7H,1-3,6H2;1H3,(H,3,4);/q;;;;;+1/p-1/t11-,12+,17+;;;4-,5+;;/m0..0../s1. The molecule has 8 N–H and O–H groups in total. The van der Waals surface area contributed by atoms with E-state index in [1.165, 1.54) is 17.9 Å². The molecule has 448 valence electrons. The number of aliphatic hydroxyl groups excluding tert-OH is 2. The Bertz CT molecular complexity index is 3280. The first-order valence-electron chi connectivity index (χ1n) is 25.0. The fourth-order valence-corrected chi connectivity index (χ4v) is 9.09. The Morgan fingerprint density at radius 1 is 0.762 bits per heavy atom. The molecule has 2 aliphatic carbocycles. The molecular formula is C54H57F6KN6O17. The number of esters is 1. The van der Waals surface area contributed by atoms with Crippen LogP contribution in [-0.4, -0.2) is 128 Å². The molecule has 5 atom stereocenters. The van der Waals surface area contributed by atoms with Gasteiger partial charge in [0.15, 0.2) is 35.4 Å². The van der Waals surface area contributed by atoms with Crippen molar-refractivity contribution in [3.8, 4) is 11.5 Å². The van der Waals surface area contributed by atoms with Gasteiger partial charge in [-0.2, -0.15) is 0 Å². The Balaban J connectivity index is 0.000000269. The maximum Gasteiger partial charge on any atom is 1.00 e. The van der Waals surface area contributed by atoms with E-state index >= 15 is 0 Å². The van der Waals surface area contributed by atoms with Crippen LogP contribution < -0.4 is 93.2 Å². The van der Waals surface area contributed by atoms with Gasteiger partial charge in [0.2, 0.25) is 10.9 Å². The maximum atomic E-state index is 13.9. The Labute approximate surface area is 516 Å². The van der Waals surface area contributed by atoms with Crippen LogP contribution in [0.4, 0.5) is 26.3 Å². The van der Waals surface area contributed by atoms with E-state index < -0.39 is 142 Å². The number of hydrogen-bond donors (Lipinski definition) is 7. The topological polar surface area (TPSA) is 341 Å². The van der Waals surface area contributed by atoms with Crippen molar-refractivity contribution in [3.05, 3.63) is 162 Å². The third kappa shape index (κ3) is 18.0. The molecule has 0 unspecified atom stereocenters. The summed E-state index contributed by atoms with van der Waals surface area (Å²) in [5.41, 5.74) is 1.28. The van der Waals surface area contributed by atoms with Crippen LogP contribution in [0.5, 0.6) is 11.5 Å². The van der Waals surface area contributed by atoms with E-state index in [-0.39, 0.29) is 99.2 Å². The number of nitrogens with two attached hydrogens (primary N) is 1. The normalized spacial score (nSPS) is 17.7. The molecule has 2 aliphatic heterocycles. The number of aliphatic hydroxyl groups is 3. The van der Waals surface area contributed by atoms with Gasteiger partial charge in [-0.15, -0.1) is 0 Å². The zero-order valence-electron chi connectivity index (χ0n) is 45.7. The van der Waals surface area contributed by atoms with Crippen LogP contribution in [0.15, 0.2) is 76.6 Å². The monoisotopic (exact) mass is 1210 g/mol. The fourth-order valence-electron chi connectivity index (χ4n) is 9.09. The van der Waals surface area contributed by atoms with Gasteiger partial charge < -0.3 is 79.7 Å². The van der Waals surface area contributed by atoms with Gasteiger partial charge in [-0.3, -0.25) is 24.0 Å². The number of carboxylic acid groups (broad SMARTS) is 2. The number of benzene rings is 3. The van der Waals surface area contributed by atoms with Crippen LogP contribution in [0.25, 0.3) is 0 Å². The number of amides is 3. The molecule has 0 spiro atoms. The number of aliphatic carboxylic acids is 1. The number of hydrogen-bond acceptors (Lipinski definition) is 17. The van der Waals surface area contributed by atoms with Crippen molar-refractivity contribution in [1.29, 1.82) is 0 Å². The van der Waals surface area contributed by atoms with E-state index in [2.05, 4.69) is 15.4 Å². The van der Waals surface area contributed by atoms with Gasteiger partial charge in [0.1, 0.15) is 46.0 Å². The fraction of sp³-hybridized carbons (Fsp3) is 0.370. The average molecular weight is 1220 g/mol. The van der Waals surface area contributed by atoms with Crippen molar-refractivity contribution < 1.29 is 151 Å². The molecule has 3 aromatic carbocycles. The van der Waals surface area contributed by atoms with Crippen LogP contribution >= 0.6 is 0 Å².